The van der Waals surface area contributed by atoms with Crippen molar-refractivity contribution in [1.82, 2.24) is 6.15 Å². The van der Waals surface area contributed by atoms with E-state index in [0.29, 0.717) is 17.5 Å². The molecular formula is C16H16ClF4NO. The van der Waals surface area contributed by atoms with Crippen LogP contribution in [0.2, 0.25) is 0 Å². The number of rotatable bonds is 4. The first kappa shape index (κ1) is 21.1. The van der Waals surface area contributed by atoms with Crippen LogP contribution in [-0.4, -0.2) is 5.78 Å². The van der Waals surface area contributed by atoms with E-state index in [1.165, 1.54) is 36.4 Å². The number of aryl methyl sites for hydroxylation is 1. The van der Waals surface area contributed by atoms with Gasteiger partial charge in [0, 0.05) is 12.0 Å². The molecule has 0 saturated carbocycles. The summed E-state index contributed by atoms with van der Waals surface area (Å²) in [5.41, 5.74) is 0.331. The minimum absolute atomic E-state index is 0. The topological polar surface area (TPSA) is 52.1 Å². The third-order valence-electron chi connectivity index (χ3n) is 3.09. The number of alkyl halides is 3. The Hall–Kier alpha value is -1.92. The van der Waals surface area contributed by atoms with Crippen molar-refractivity contribution in [1.29, 1.82) is 0 Å². The average Bonchev–Trinajstić information content (AvgIpc) is 2.45. The van der Waals surface area contributed by atoms with Crippen LogP contribution in [0, 0.1) is 5.82 Å². The second-order valence-corrected chi connectivity index (χ2v) is 4.62. The summed E-state index contributed by atoms with van der Waals surface area (Å²) < 4.78 is 49.9. The molecule has 0 atom stereocenters. The number of hydrogen-bond acceptors (Lipinski definition) is 2. The summed E-state index contributed by atoms with van der Waals surface area (Å²) >= 11 is 0. The maximum absolute atomic E-state index is 12.7. The van der Waals surface area contributed by atoms with Gasteiger partial charge in [0.05, 0.1) is 5.56 Å². The average molecular weight is 350 g/mol. The normalized spacial score (nSPS) is 10.4. The minimum atomic E-state index is -4.36. The van der Waals surface area contributed by atoms with Crippen molar-refractivity contribution in [2.24, 2.45) is 0 Å². The number of carbonyl (C=O) groups excluding carboxylic acids is 1. The molecule has 0 aliphatic carbocycles. The van der Waals surface area contributed by atoms with Crippen molar-refractivity contribution in [3.63, 3.8) is 0 Å². The second-order valence-electron chi connectivity index (χ2n) is 4.62. The van der Waals surface area contributed by atoms with E-state index in [2.05, 4.69) is 0 Å². The molecule has 2 rings (SSSR count). The van der Waals surface area contributed by atoms with Gasteiger partial charge in [0.1, 0.15) is 5.82 Å². The predicted octanol–water partition coefficient (Wildman–Crippen LogP) is 5.24. The highest BCUT2D eigenvalue weighted by atomic mass is 35.5. The van der Waals surface area contributed by atoms with Crippen molar-refractivity contribution in [2.75, 3.05) is 0 Å². The largest absolute Gasteiger partial charge is 0.416 e. The van der Waals surface area contributed by atoms with Crippen molar-refractivity contribution in [3.8, 4) is 0 Å². The zero-order valence-corrected chi connectivity index (χ0v) is 12.9. The molecule has 0 aromatic heterocycles. The van der Waals surface area contributed by atoms with Crippen molar-refractivity contribution in [3.05, 3.63) is 71.0 Å². The van der Waals surface area contributed by atoms with Crippen LogP contribution in [0.3, 0.4) is 0 Å². The third-order valence-corrected chi connectivity index (χ3v) is 3.09. The molecule has 0 heterocycles. The highest BCUT2D eigenvalue weighted by Gasteiger charge is 2.29. The van der Waals surface area contributed by atoms with Gasteiger partial charge in [0.25, 0.3) is 0 Å². The van der Waals surface area contributed by atoms with E-state index in [9.17, 15) is 22.4 Å². The molecule has 0 amide bonds. The Morgan fingerprint density at radius 3 is 1.91 bits per heavy atom. The zero-order valence-electron chi connectivity index (χ0n) is 12.1. The fraction of sp³-hybridized carbons (Fsp3) is 0.188. The maximum Gasteiger partial charge on any atom is 0.416 e. The predicted molar refractivity (Wildman–Crippen MR) is 82.8 cm³/mol. The van der Waals surface area contributed by atoms with E-state index < -0.39 is 17.6 Å². The smallest absolute Gasteiger partial charge is 0.344 e. The van der Waals surface area contributed by atoms with Crippen LogP contribution in [0.4, 0.5) is 17.6 Å². The summed E-state index contributed by atoms with van der Waals surface area (Å²) in [7, 11) is 0. The first-order valence-electron chi connectivity index (χ1n) is 6.31. The number of ketones is 1. The molecule has 0 spiro atoms. The third kappa shape index (κ3) is 6.00. The number of benzene rings is 2. The Morgan fingerprint density at radius 1 is 0.913 bits per heavy atom. The van der Waals surface area contributed by atoms with Gasteiger partial charge < -0.3 is 6.15 Å². The Balaban J connectivity index is 0.00000242. The molecule has 0 aliphatic rings. The summed E-state index contributed by atoms with van der Waals surface area (Å²) in [5, 5.41) is 0. The monoisotopic (exact) mass is 349 g/mol. The van der Waals surface area contributed by atoms with Crippen LogP contribution in [0.5, 0.6) is 0 Å². The fourth-order valence-electron chi connectivity index (χ4n) is 1.90. The summed E-state index contributed by atoms with van der Waals surface area (Å²) in [6.07, 6.45) is -3.85. The summed E-state index contributed by atoms with van der Waals surface area (Å²) in [4.78, 5) is 11.9. The molecule has 0 fully saturated rings. The van der Waals surface area contributed by atoms with Gasteiger partial charge in [0.2, 0.25) is 0 Å². The maximum atomic E-state index is 12.7. The Bertz CT molecular complexity index is 624. The molecule has 2 aromatic carbocycles. The SMILES string of the molecule is Cl.N.O=C(CCc1ccc(C(F)(F)F)cc1)c1ccc(F)cc1. The van der Waals surface area contributed by atoms with E-state index in [4.69, 9.17) is 0 Å². The first-order valence-corrected chi connectivity index (χ1v) is 6.31. The lowest BCUT2D eigenvalue weighted by Gasteiger charge is -2.07. The molecule has 2 aromatic rings. The Kier molecular flexibility index (Phi) is 7.92. The fourth-order valence-corrected chi connectivity index (χ4v) is 1.90. The van der Waals surface area contributed by atoms with E-state index in [1.807, 2.05) is 0 Å². The molecule has 0 radical (unpaired) electrons. The quantitative estimate of drug-likeness (QED) is 0.606. The molecule has 23 heavy (non-hydrogen) atoms. The second kappa shape index (κ2) is 8.64. The highest BCUT2D eigenvalue weighted by molar-refractivity contribution is 5.96. The number of hydrogen-bond donors (Lipinski definition) is 1. The van der Waals surface area contributed by atoms with Gasteiger partial charge in [-0.15, -0.1) is 12.4 Å². The lowest BCUT2D eigenvalue weighted by molar-refractivity contribution is -0.137. The van der Waals surface area contributed by atoms with Gasteiger partial charge in [0.15, 0.2) is 5.78 Å². The lowest BCUT2D eigenvalue weighted by atomic mass is 10.0. The number of halogens is 5. The van der Waals surface area contributed by atoms with E-state index in [1.54, 1.807) is 0 Å². The molecule has 0 aliphatic heterocycles. The van der Waals surface area contributed by atoms with Crippen LogP contribution in [0.15, 0.2) is 48.5 Å². The Morgan fingerprint density at radius 2 is 1.43 bits per heavy atom. The van der Waals surface area contributed by atoms with Gasteiger partial charge in [-0.25, -0.2) is 4.39 Å². The number of carbonyl (C=O) groups is 1. The molecular weight excluding hydrogens is 334 g/mol. The van der Waals surface area contributed by atoms with Crippen LogP contribution < -0.4 is 6.15 Å². The van der Waals surface area contributed by atoms with Gasteiger partial charge in [-0.2, -0.15) is 13.2 Å². The van der Waals surface area contributed by atoms with E-state index >= 15 is 0 Å². The molecule has 126 valence electrons. The molecule has 0 saturated heterocycles. The summed E-state index contributed by atoms with van der Waals surface area (Å²) in [5.74, 6) is -0.593. The highest BCUT2D eigenvalue weighted by Crippen LogP contribution is 2.29. The van der Waals surface area contributed by atoms with E-state index in [0.717, 1.165) is 12.1 Å². The van der Waals surface area contributed by atoms with E-state index in [-0.39, 0.29) is 30.8 Å². The minimum Gasteiger partial charge on any atom is -0.344 e. The standard InChI is InChI=1S/C16H12F4O.ClH.H3N/c17-14-8-4-12(5-9-14)15(21)10-3-11-1-6-13(7-2-11)16(18,19)20;;/h1-2,4-9H,3,10H2;1H;1H3. The molecule has 0 unspecified atom stereocenters. The van der Waals surface area contributed by atoms with Crippen LogP contribution in [0.1, 0.15) is 27.9 Å². The Labute approximate surface area is 137 Å². The molecule has 2 nitrogen and oxygen atoms in total. The zero-order chi connectivity index (χ0) is 15.5. The van der Waals surface area contributed by atoms with Gasteiger partial charge in [-0.1, -0.05) is 12.1 Å². The summed E-state index contributed by atoms with van der Waals surface area (Å²) in [6, 6.07) is 9.91. The van der Waals surface area contributed by atoms with Crippen molar-refractivity contribution in [2.45, 2.75) is 19.0 Å². The van der Waals surface area contributed by atoms with Gasteiger partial charge >= 0.3 is 6.18 Å². The van der Waals surface area contributed by atoms with Crippen molar-refractivity contribution < 1.29 is 22.4 Å². The number of Topliss-reactive ketones (excluding diaryl/α,β-unsaturated/α-hetero) is 1. The van der Waals surface area contributed by atoms with Gasteiger partial charge in [-0.05, 0) is 48.4 Å². The molecule has 7 heteroatoms. The summed E-state index contributed by atoms with van der Waals surface area (Å²) in [6.45, 7) is 0. The molecule has 0 bridgehead atoms. The lowest BCUT2D eigenvalue weighted by Crippen LogP contribution is -2.05. The van der Waals surface area contributed by atoms with Crippen molar-refractivity contribution >= 4 is 18.2 Å². The van der Waals surface area contributed by atoms with Gasteiger partial charge in [-0.3, -0.25) is 4.79 Å². The molecule has 3 N–H and O–H groups in total. The first-order chi connectivity index (χ1) is 9.86. The van der Waals surface area contributed by atoms with Crippen LogP contribution >= 0.6 is 12.4 Å². The van der Waals surface area contributed by atoms with Crippen LogP contribution in [0.25, 0.3) is 0 Å². The van der Waals surface area contributed by atoms with Crippen LogP contribution in [-0.2, 0) is 12.6 Å².